The number of carbonyl (C=O) groups is 1. The van der Waals surface area contributed by atoms with Crippen LogP contribution in [0, 0.1) is 35.5 Å². The van der Waals surface area contributed by atoms with E-state index < -0.39 is 85.1 Å². The number of methoxy groups -OCH3 is 1. The number of nitrogens with zero attached hydrogens (tertiary/aromatic N) is 18. The molecule has 6 saturated heterocycles. The third kappa shape index (κ3) is 21.7. The van der Waals surface area contributed by atoms with Gasteiger partial charge in [-0.3, -0.25) is 0 Å². The summed E-state index contributed by atoms with van der Waals surface area (Å²) in [5.41, 5.74) is -2.35. The molecule has 6 fully saturated rings. The Labute approximate surface area is 730 Å². The van der Waals surface area contributed by atoms with Gasteiger partial charge < -0.3 is 39.5 Å². The van der Waals surface area contributed by atoms with Crippen molar-refractivity contribution in [2.24, 2.45) is 35.5 Å². The normalized spacial score (nSPS) is 19.9. The first-order valence-corrected chi connectivity index (χ1v) is 45.8. The summed E-state index contributed by atoms with van der Waals surface area (Å²) in [5, 5.41) is 16.2. The van der Waals surface area contributed by atoms with Crippen LogP contribution in [0.2, 0.25) is 30.1 Å². The maximum absolute atomic E-state index is 13.9. The van der Waals surface area contributed by atoms with Gasteiger partial charge in [-0.05, 0) is 181 Å². The van der Waals surface area contributed by atoms with Crippen molar-refractivity contribution in [3.63, 3.8) is 0 Å². The fraction of sp³-hybridized carbons (Fsp3) is 0.564. The Hall–Kier alpha value is -7.21. The number of piperidine rings is 3. The minimum Gasteiger partial charge on any atom is -0.453 e. The number of halogens is 15. The van der Waals surface area contributed by atoms with Gasteiger partial charge in [0.15, 0.2) is 34.0 Å². The summed E-state index contributed by atoms with van der Waals surface area (Å²) in [6.07, 6.45) is -2.78. The van der Waals surface area contributed by atoms with Crippen LogP contribution in [0.15, 0.2) is 73.2 Å². The van der Waals surface area contributed by atoms with Crippen molar-refractivity contribution in [3.8, 4) is 0 Å². The monoisotopic (exact) mass is 1870 g/mol. The lowest BCUT2D eigenvalue weighted by Gasteiger charge is -2.47. The van der Waals surface area contributed by atoms with Crippen LogP contribution >= 0.6 is 69.6 Å². The number of benzene rings is 3. The van der Waals surface area contributed by atoms with E-state index in [0.717, 1.165) is 130 Å². The van der Waals surface area contributed by atoms with Crippen molar-refractivity contribution in [2.45, 2.75) is 115 Å². The Bertz CT molecular complexity index is 5470. The molecular formula is C78H94Cl6F9N21O6S2. The topological polar surface area (TPSA) is 281 Å². The molecule has 0 radical (unpaired) electrons. The molecule has 9 aromatic rings. The molecule has 6 aliphatic rings. The first kappa shape index (κ1) is 92.5. The molecule has 3 N–H and O–H groups in total. The smallest absolute Gasteiger partial charge is 0.437 e. The summed E-state index contributed by atoms with van der Waals surface area (Å²) in [4.78, 5) is 50.7. The van der Waals surface area contributed by atoms with Crippen LogP contribution in [0.5, 0.6) is 0 Å². The van der Waals surface area contributed by atoms with Gasteiger partial charge in [0.1, 0.15) is 34.0 Å². The molecule has 6 unspecified atom stereocenters. The third-order valence-electron chi connectivity index (χ3n) is 23.7. The predicted molar refractivity (Wildman–Crippen MR) is 452 cm³/mol. The predicted octanol–water partition coefficient (Wildman–Crippen LogP) is 15.0. The second kappa shape index (κ2) is 38.2. The number of fused-ring (bicyclic) bond motifs is 3. The highest BCUT2D eigenvalue weighted by atomic mass is 35.5. The summed E-state index contributed by atoms with van der Waals surface area (Å²) in [5.74, 6) is 4.16. The van der Waals surface area contributed by atoms with Gasteiger partial charge in [0.05, 0.1) is 55.3 Å². The molecule has 12 heterocycles. The first-order valence-electron chi connectivity index (χ1n) is 40.1. The zero-order valence-corrected chi connectivity index (χ0v) is 73.8. The van der Waals surface area contributed by atoms with Crippen molar-refractivity contribution < 1.29 is 65.9 Å². The lowest BCUT2D eigenvalue weighted by molar-refractivity contribution is -0.141. The maximum Gasteiger partial charge on any atom is 0.437 e. The quantitative estimate of drug-likeness (QED) is 0.0474. The summed E-state index contributed by atoms with van der Waals surface area (Å²) in [6.45, 7) is 21.7. The summed E-state index contributed by atoms with van der Waals surface area (Å²) >= 11 is 37.1. The van der Waals surface area contributed by atoms with Crippen molar-refractivity contribution >= 4 is 147 Å². The number of alkyl carbamates (subject to hydrolysis) is 1. The molecule has 1 amide bonds. The number of likely N-dealkylation sites (tertiary alicyclic amines) is 3. The lowest BCUT2D eigenvalue weighted by Crippen LogP contribution is -2.54. The largest absolute Gasteiger partial charge is 0.453 e. The summed E-state index contributed by atoms with van der Waals surface area (Å²) < 4.78 is 185. The Morgan fingerprint density at radius 3 is 1.04 bits per heavy atom. The molecule has 27 nitrogen and oxygen atoms in total. The van der Waals surface area contributed by atoms with Crippen molar-refractivity contribution in [1.82, 2.24) is 88.7 Å². The second-order valence-electron chi connectivity index (χ2n) is 32.3. The minimum absolute atomic E-state index is 0.0361. The zero-order chi connectivity index (χ0) is 87.8. The van der Waals surface area contributed by atoms with E-state index in [-0.39, 0.29) is 33.5 Å². The molecule has 6 aliphatic heterocycles. The van der Waals surface area contributed by atoms with Gasteiger partial charge in [0.2, 0.25) is 20.0 Å². The Balaban J connectivity index is 0.000000158. The van der Waals surface area contributed by atoms with Gasteiger partial charge in [0.25, 0.3) is 0 Å². The SMILES string of the molecule is CC(c1ccc(Cl)cc1Cl)n1nc(C(F)(F)F)c2ncc(N3CC(C4CCCN(CCNS(=O)(=O)C(C)C)C4)C3)nc21.CC(c1ccc(Cl)cc1Cl)n1nc(C(F)(F)F)c2ncc(N3CC(C4CCCN(CCNS(C)(=O)=O)C4)C3)nc21.COC(=O)NCCN1CCCC(C2CN(c3cnc4c(C(F)(F)F)nn(C(C)c5ccc(Cl)cc5Cl)c4n3)C2)C1. The van der Waals surface area contributed by atoms with E-state index in [1.54, 1.807) is 83.1 Å². The number of amides is 1. The number of hydrogen-bond donors (Lipinski definition) is 3. The lowest BCUT2D eigenvalue weighted by atomic mass is 9.80. The van der Waals surface area contributed by atoms with E-state index in [0.29, 0.717) is 133 Å². The van der Waals surface area contributed by atoms with Gasteiger partial charge >= 0.3 is 24.6 Å². The highest BCUT2D eigenvalue weighted by molar-refractivity contribution is 7.90. The van der Waals surface area contributed by atoms with Gasteiger partial charge in [0, 0.05) is 128 Å². The molecule has 6 aromatic heterocycles. The molecule has 0 bridgehead atoms. The van der Waals surface area contributed by atoms with E-state index in [1.807, 2.05) is 14.7 Å². The number of sulfonamides is 2. The standard InChI is InChI=1S/C27H34Cl2F3N7O2S.C26H30Cl2F3N7O2.C25H30Cl2F3N7O2S/c1-16(2)42(40,41)34-8-10-37-9-4-5-18(13-37)19-14-38(15-19)23-12-33-24-25(27(30,31)32)36-39(26(24)35-23)17(3)21-7-6-20(28)11-22(21)29;1-15(19-6-5-18(27)10-20(19)28)38-24-22(23(35-38)26(29,30)31)33-11-21(34-24)37-13-17(14-37)16-4-3-8-36(12-16)9-7-32-25(39)40-2;1-15(19-6-5-18(26)10-20(19)27)37-24-22(23(34-37)25(28,29)30)31-11-21(33-24)36-13-17(14-36)16-4-3-8-35(12-16)9-7-32-40(2,38)39/h6-7,11-12,16-19,34H,4-5,8-10,13-15H2,1-3H3;5-6,10-11,15-17H,3-4,7-9,12-14H2,1-2H3,(H,32,39);5-6,10-11,15-17,32H,3-4,7-9,12-14H2,1-2H3. The molecule has 0 spiro atoms. The molecule has 0 saturated carbocycles. The zero-order valence-electron chi connectivity index (χ0n) is 67.7. The average molecular weight is 1870 g/mol. The van der Waals surface area contributed by atoms with Crippen LogP contribution in [0.1, 0.15) is 125 Å². The van der Waals surface area contributed by atoms with Gasteiger partial charge in [-0.1, -0.05) is 87.8 Å². The van der Waals surface area contributed by atoms with Crippen LogP contribution in [0.4, 0.5) is 61.8 Å². The number of nitrogens with one attached hydrogen (secondary N) is 3. The van der Waals surface area contributed by atoms with Crippen molar-refractivity contribution in [2.75, 3.05) is 146 Å². The molecule has 3 aromatic carbocycles. The molecule has 44 heteroatoms. The van der Waals surface area contributed by atoms with Gasteiger partial charge in [-0.25, -0.2) is 75.0 Å². The van der Waals surface area contributed by atoms with E-state index in [2.05, 4.69) is 79.4 Å². The van der Waals surface area contributed by atoms with Crippen LogP contribution in [0.25, 0.3) is 33.5 Å². The first-order chi connectivity index (χ1) is 57.6. The van der Waals surface area contributed by atoms with Gasteiger partial charge in [-0.15, -0.1) is 0 Å². The van der Waals surface area contributed by atoms with E-state index in [1.165, 1.54) is 45.8 Å². The van der Waals surface area contributed by atoms with E-state index in [9.17, 15) is 61.1 Å². The number of alkyl halides is 9. The van der Waals surface area contributed by atoms with Crippen LogP contribution < -0.4 is 29.5 Å². The maximum atomic E-state index is 13.9. The molecule has 664 valence electrons. The fourth-order valence-corrected chi connectivity index (χ4v) is 19.6. The molecule has 15 rings (SSSR count). The van der Waals surface area contributed by atoms with Gasteiger partial charge in [-0.2, -0.15) is 54.8 Å². The number of hydrogen-bond acceptors (Lipinski definition) is 21. The number of rotatable bonds is 24. The van der Waals surface area contributed by atoms with Crippen LogP contribution in [0.3, 0.4) is 0 Å². The van der Waals surface area contributed by atoms with Crippen molar-refractivity contribution in [1.29, 1.82) is 0 Å². The summed E-state index contributed by atoms with van der Waals surface area (Å²) in [6, 6.07) is 12.6. The minimum atomic E-state index is -4.70. The number of anilines is 3. The fourth-order valence-electron chi connectivity index (χ4n) is 16.8. The molecule has 6 atom stereocenters. The number of ether oxygens (including phenoxy) is 1. The molecular weight excluding hydrogens is 1770 g/mol. The van der Waals surface area contributed by atoms with Crippen LogP contribution in [-0.2, 0) is 43.3 Å². The number of aromatic nitrogens is 12. The summed E-state index contributed by atoms with van der Waals surface area (Å²) in [7, 11) is -5.16. The molecule has 0 aliphatic carbocycles. The Morgan fingerprint density at radius 2 is 0.762 bits per heavy atom. The Morgan fingerprint density at radius 1 is 0.459 bits per heavy atom. The van der Waals surface area contributed by atoms with Crippen LogP contribution in [-0.4, -0.2) is 233 Å². The number of carbonyl (C=O) groups excluding carboxylic acids is 1. The molecule has 122 heavy (non-hydrogen) atoms. The Kier molecular flexibility index (Phi) is 28.9. The second-order valence-corrected chi connectivity index (χ2v) is 39.0. The highest BCUT2D eigenvalue weighted by Crippen LogP contribution is 2.44. The van der Waals surface area contributed by atoms with Crippen molar-refractivity contribution in [3.05, 3.63) is 137 Å². The third-order valence-corrected chi connectivity index (χ3v) is 27.9. The van der Waals surface area contributed by atoms with E-state index in [4.69, 9.17) is 69.6 Å². The van der Waals surface area contributed by atoms with E-state index >= 15 is 0 Å². The highest BCUT2D eigenvalue weighted by Gasteiger charge is 2.46. The average Bonchev–Trinajstić information content (AvgIpc) is 1.61.